The minimum absolute atomic E-state index is 0.232. The van der Waals surface area contributed by atoms with Crippen LogP contribution >= 0.6 is 11.8 Å². The molecule has 0 N–H and O–H groups in total. The average Bonchev–Trinajstić information content (AvgIpc) is 2.76. The Morgan fingerprint density at radius 1 is 1.28 bits per heavy atom. The lowest BCUT2D eigenvalue weighted by Crippen LogP contribution is -2.24. The van der Waals surface area contributed by atoms with Crippen molar-refractivity contribution < 1.29 is 9.53 Å². The van der Waals surface area contributed by atoms with Gasteiger partial charge in [-0.25, -0.2) is 0 Å². The first kappa shape index (κ1) is 12.1. The largest absolute Gasteiger partial charge is 0.497 e. The molecule has 2 atom stereocenters. The molecule has 2 fully saturated rings. The van der Waals surface area contributed by atoms with Crippen LogP contribution in [0.2, 0.25) is 0 Å². The highest BCUT2D eigenvalue weighted by Gasteiger charge is 2.37. The van der Waals surface area contributed by atoms with Crippen LogP contribution in [0.4, 0.5) is 0 Å². The van der Waals surface area contributed by atoms with E-state index in [2.05, 4.69) is 11.8 Å². The molecule has 2 aliphatic rings. The summed E-state index contributed by atoms with van der Waals surface area (Å²) >= 11 is 2.10. The number of rotatable bonds is 3. The van der Waals surface area contributed by atoms with Gasteiger partial charge in [0.25, 0.3) is 0 Å². The Morgan fingerprint density at radius 3 is 2.67 bits per heavy atom. The molecule has 0 saturated carbocycles. The van der Waals surface area contributed by atoms with Crippen molar-refractivity contribution >= 4 is 17.5 Å². The van der Waals surface area contributed by atoms with Crippen LogP contribution in [0, 0.1) is 5.92 Å². The number of hydrogen-bond donors (Lipinski definition) is 0. The fourth-order valence-corrected chi connectivity index (χ4v) is 4.86. The number of ketones is 1. The molecule has 2 heterocycles. The van der Waals surface area contributed by atoms with Crippen molar-refractivity contribution in [2.75, 3.05) is 7.11 Å². The Hall–Kier alpha value is -0.960. The van der Waals surface area contributed by atoms with Crippen molar-refractivity contribution in [2.24, 2.45) is 5.92 Å². The van der Waals surface area contributed by atoms with Gasteiger partial charge in [0.05, 0.1) is 7.11 Å². The fraction of sp³-hybridized carbons (Fsp3) is 0.533. The Balaban J connectivity index is 1.77. The molecular weight excluding hydrogens is 244 g/mol. The van der Waals surface area contributed by atoms with E-state index in [0.717, 1.165) is 34.7 Å². The lowest BCUT2D eigenvalue weighted by molar-refractivity contribution is 0.0906. The van der Waals surface area contributed by atoms with Crippen molar-refractivity contribution in [3.05, 3.63) is 29.8 Å². The van der Waals surface area contributed by atoms with E-state index in [1.54, 1.807) is 7.11 Å². The highest BCUT2D eigenvalue weighted by atomic mass is 32.2. The first-order valence-corrected chi connectivity index (χ1v) is 7.54. The highest BCUT2D eigenvalue weighted by Crippen LogP contribution is 2.46. The van der Waals surface area contributed by atoms with Gasteiger partial charge in [0, 0.05) is 22.0 Å². The van der Waals surface area contributed by atoms with E-state index < -0.39 is 0 Å². The normalized spacial score (nSPS) is 30.2. The van der Waals surface area contributed by atoms with Gasteiger partial charge in [0.15, 0.2) is 5.78 Å². The third kappa shape index (κ3) is 2.28. The summed E-state index contributed by atoms with van der Waals surface area (Å²) in [5.74, 6) is 1.32. The molecule has 2 saturated heterocycles. The molecule has 2 unspecified atom stereocenters. The maximum atomic E-state index is 12.5. The van der Waals surface area contributed by atoms with E-state index in [1.807, 2.05) is 24.3 Å². The van der Waals surface area contributed by atoms with Gasteiger partial charge in [-0.05, 0) is 37.8 Å². The second kappa shape index (κ2) is 4.96. The Labute approximate surface area is 112 Å². The summed E-state index contributed by atoms with van der Waals surface area (Å²) in [5.41, 5.74) is 0.811. The second-order valence-electron chi connectivity index (χ2n) is 5.22. The molecule has 2 aliphatic heterocycles. The van der Waals surface area contributed by atoms with Crippen LogP contribution in [0.5, 0.6) is 5.75 Å². The van der Waals surface area contributed by atoms with Crippen molar-refractivity contribution in [2.45, 2.75) is 36.2 Å². The molecule has 1 aromatic carbocycles. The van der Waals surface area contributed by atoms with Crippen LogP contribution in [0.15, 0.2) is 24.3 Å². The number of benzene rings is 1. The molecule has 1 aromatic rings. The zero-order valence-electron chi connectivity index (χ0n) is 10.6. The maximum Gasteiger partial charge on any atom is 0.166 e. The summed E-state index contributed by atoms with van der Waals surface area (Å²) < 4.78 is 5.19. The van der Waals surface area contributed by atoms with Crippen molar-refractivity contribution in [1.82, 2.24) is 0 Å². The number of ether oxygens (including phenoxy) is 1. The molecule has 3 rings (SSSR count). The highest BCUT2D eigenvalue weighted by molar-refractivity contribution is 8.00. The van der Waals surface area contributed by atoms with E-state index in [4.69, 9.17) is 4.74 Å². The number of thioether (sulfide) groups is 1. The molecule has 0 amide bonds. The molecule has 96 valence electrons. The van der Waals surface area contributed by atoms with Gasteiger partial charge >= 0.3 is 0 Å². The standard InChI is InChI=1S/C15H18O2S/c1-17-12-4-2-3-10(7-12)15(16)11-8-13-5-6-14(9-11)18-13/h2-4,7,11,13-14H,5-6,8-9H2,1H3. The smallest absolute Gasteiger partial charge is 0.166 e. The van der Waals surface area contributed by atoms with Crippen LogP contribution in [0.25, 0.3) is 0 Å². The second-order valence-corrected chi connectivity index (χ2v) is 6.83. The number of fused-ring (bicyclic) bond motifs is 2. The molecule has 0 radical (unpaired) electrons. The molecule has 0 aliphatic carbocycles. The monoisotopic (exact) mass is 262 g/mol. The summed E-state index contributed by atoms with van der Waals surface area (Å²) in [6.45, 7) is 0. The predicted octanol–water partition coefficient (Wildman–Crippen LogP) is 3.55. The Kier molecular flexibility index (Phi) is 3.33. The minimum atomic E-state index is 0.232. The van der Waals surface area contributed by atoms with Crippen LogP contribution in [0.3, 0.4) is 0 Å². The molecule has 2 nitrogen and oxygen atoms in total. The molecular formula is C15H18O2S. The van der Waals surface area contributed by atoms with Gasteiger partial charge in [-0.3, -0.25) is 4.79 Å². The van der Waals surface area contributed by atoms with Gasteiger partial charge in [0.1, 0.15) is 5.75 Å². The van der Waals surface area contributed by atoms with Gasteiger partial charge in [-0.2, -0.15) is 11.8 Å². The topological polar surface area (TPSA) is 26.3 Å². The summed E-state index contributed by atoms with van der Waals surface area (Å²) in [4.78, 5) is 12.5. The van der Waals surface area contributed by atoms with E-state index in [1.165, 1.54) is 12.8 Å². The predicted molar refractivity (Wildman–Crippen MR) is 74.4 cm³/mol. The summed E-state index contributed by atoms with van der Waals surface area (Å²) in [5, 5.41) is 1.45. The minimum Gasteiger partial charge on any atom is -0.497 e. The summed E-state index contributed by atoms with van der Waals surface area (Å²) in [6.07, 6.45) is 4.74. The third-order valence-corrected chi connectivity index (χ3v) is 5.64. The van der Waals surface area contributed by atoms with Gasteiger partial charge in [-0.1, -0.05) is 12.1 Å². The fourth-order valence-electron chi connectivity index (χ4n) is 3.08. The molecule has 2 bridgehead atoms. The average molecular weight is 262 g/mol. The van der Waals surface area contributed by atoms with E-state index in [-0.39, 0.29) is 5.92 Å². The zero-order valence-corrected chi connectivity index (χ0v) is 11.4. The first-order chi connectivity index (χ1) is 8.76. The lowest BCUT2D eigenvalue weighted by atomic mass is 9.90. The SMILES string of the molecule is COc1cccc(C(=O)C2CC3CCC(C2)S3)c1. The number of carbonyl (C=O) groups is 1. The van der Waals surface area contributed by atoms with Gasteiger partial charge < -0.3 is 4.74 Å². The summed E-state index contributed by atoms with van der Waals surface area (Å²) in [7, 11) is 1.64. The maximum absolute atomic E-state index is 12.5. The Bertz CT molecular complexity index is 446. The quantitative estimate of drug-likeness (QED) is 0.779. The number of Topliss-reactive ketones (excluding diaryl/α,β-unsaturated/α-hetero) is 1. The van der Waals surface area contributed by atoms with Crippen LogP contribution in [0.1, 0.15) is 36.0 Å². The van der Waals surface area contributed by atoms with Gasteiger partial charge in [0.2, 0.25) is 0 Å². The van der Waals surface area contributed by atoms with Crippen LogP contribution < -0.4 is 4.74 Å². The Morgan fingerprint density at radius 2 is 2.00 bits per heavy atom. The number of hydrogen-bond acceptors (Lipinski definition) is 3. The first-order valence-electron chi connectivity index (χ1n) is 6.60. The number of methoxy groups -OCH3 is 1. The summed E-state index contributed by atoms with van der Waals surface area (Å²) in [6, 6.07) is 7.57. The molecule has 3 heteroatoms. The van der Waals surface area contributed by atoms with E-state index >= 15 is 0 Å². The van der Waals surface area contributed by atoms with Crippen molar-refractivity contribution in [3.63, 3.8) is 0 Å². The van der Waals surface area contributed by atoms with Crippen LogP contribution in [-0.2, 0) is 0 Å². The van der Waals surface area contributed by atoms with Crippen molar-refractivity contribution in [3.8, 4) is 5.75 Å². The molecule has 0 spiro atoms. The molecule has 0 aromatic heterocycles. The van der Waals surface area contributed by atoms with Crippen molar-refractivity contribution in [1.29, 1.82) is 0 Å². The number of carbonyl (C=O) groups excluding carboxylic acids is 1. The van der Waals surface area contributed by atoms with Gasteiger partial charge in [-0.15, -0.1) is 0 Å². The zero-order chi connectivity index (χ0) is 12.5. The molecule has 18 heavy (non-hydrogen) atoms. The van der Waals surface area contributed by atoms with E-state index in [0.29, 0.717) is 5.78 Å². The van der Waals surface area contributed by atoms with Crippen LogP contribution in [-0.4, -0.2) is 23.4 Å². The lowest BCUT2D eigenvalue weighted by Gasteiger charge is -2.26. The van der Waals surface area contributed by atoms with E-state index in [9.17, 15) is 4.79 Å². The third-order valence-electron chi connectivity index (χ3n) is 4.02.